The van der Waals surface area contributed by atoms with E-state index >= 15 is 0 Å². The van der Waals surface area contributed by atoms with Crippen molar-refractivity contribution in [2.75, 3.05) is 17.7 Å². The Bertz CT molecular complexity index is 745. The van der Waals surface area contributed by atoms with Gasteiger partial charge in [0.25, 0.3) is 0 Å². The first kappa shape index (κ1) is 16.8. The van der Waals surface area contributed by atoms with E-state index in [1.165, 1.54) is 5.56 Å². The lowest BCUT2D eigenvalue weighted by Gasteiger charge is -2.09. The summed E-state index contributed by atoms with van der Waals surface area (Å²) >= 11 is 3.29. The number of thioether (sulfide) groups is 1. The van der Waals surface area contributed by atoms with Crippen LogP contribution in [0.1, 0.15) is 18.9 Å². The van der Waals surface area contributed by atoms with Crippen LogP contribution in [0.3, 0.4) is 0 Å². The first-order valence-electron chi connectivity index (χ1n) is 7.78. The molecule has 6 nitrogen and oxygen atoms in total. The van der Waals surface area contributed by atoms with E-state index in [0.717, 1.165) is 39.5 Å². The molecule has 0 fully saturated rings. The lowest BCUT2D eigenvalue weighted by atomic mass is 10.2. The Kier molecular flexibility index (Phi) is 6.08. The molecule has 24 heavy (non-hydrogen) atoms. The van der Waals surface area contributed by atoms with Crippen LogP contribution < -0.4 is 10.1 Å². The molecule has 0 saturated carbocycles. The smallest absolute Gasteiger partial charge is 0.210 e. The summed E-state index contributed by atoms with van der Waals surface area (Å²) in [4.78, 5) is 0. The molecule has 0 spiro atoms. The summed E-state index contributed by atoms with van der Waals surface area (Å²) in [6.07, 6.45) is 5.91. The standard InChI is InChI=1S/C16H19N5OS2/c1-2-22-14-8-4-3-7-13(14)19-15-20-21-16(24-15)23-9-5-6-12-10-17-18-11-12/h3-4,7-8,10-11H,2,5-6,9H2,1H3,(H,17,18)(H,19,20). The van der Waals surface area contributed by atoms with Crippen LogP contribution in [0.15, 0.2) is 41.0 Å². The predicted octanol–water partition coefficient (Wildman–Crippen LogP) is 4.13. The molecule has 0 amide bonds. The zero-order valence-corrected chi connectivity index (χ0v) is 15.0. The normalized spacial score (nSPS) is 10.7. The third-order valence-electron chi connectivity index (χ3n) is 3.23. The number of aryl methyl sites for hydroxylation is 1. The van der Waals surface area contributed by atoms with Gasteiger partial charge in [0.1, 0.15) is 5.75 Å². The van der Waals surface area contributed by atoms with Crippen LogP contribution in [-0.2, 0) is 6.42 Å². The van der Waals surface area contributed by atoms with Crippen molar-refractivity contribution in [3.8, 4) is 5.75 Å². The summed E-state index contributed by atoms with van der Waals surface area (Å²) in [6.45, 7) is 2.60. The number of nitrogens with one attached hydrogen (secondary N) is 2. The predicted molar refractivity (Wildman–Crippen MR) is 98.4 cm³/mol. The van der Waals surface area contributed by atoms with Crippen LogP contribution in [0.5, 0.6) is 5.75 Å². The Morgan fingerprint density at radius 3 is 3.04 bits per heavy atom. The van der Waals surface area contributed by atoms with Crippen LogP contribution in [0.25, 0.3) is 0 Å². The van der Waals surface area contributed by atoms with E-state index in [2.05, 4.69) is 25.7 Å². The Balaban J connectivity index is 1.50. The van der Waals surface area contributed by atoms with Gasteiger partial charge >= 0.3 is 0 Å². The van der Waals surface area contributed by atoms with Gasteiger partial charge < -0.3 is 10.1 Å². The van der Waals surface area contributed by atoms with Gasteiger partial charge in [-0.1, -0.05) is 35.2 Å². The van der Waals surface area contributed by atoms with E-state index in [1.54, 1.807) is 23.1 Å². The van der Waals surface area contributed by atoms with Gasteiger partial charge in [-0.05, 0) is 37.5 Å². The molecule has 0 aliphatic rings. The number of H-pyrrole nitrogens is 1. The van der Waals surface area contributed by atoms with Crippen molar-refractivity contribution in [1.82, 2.24) is 20.4 Å². The van der Waals surface area contributed by atoms with Crippen molar-refractivity contribution < 1.29 is 4.74 Å². The molecule has 2 N–H and O–H groups in total. The highest BCUT2D eigenvalue weighted by molar-refractivity contribution is 8.01. The fourth-order valence-corrected chi connectivity index (χ4v) is 3.91. The molecule has 3 aromatic rings. The Morgan fingerprint density at radius 2 is 2.21 bits per heavy atom. The molecule has 0 radical (unpaired) electrons. The minimum atomic E-state index is 0.632. The van der Waals surface area contributed by atoms with Gasteiger partial charge in [-0.25, -0.2) is 0 Å². The zero-order valence-electron chi connectivity index (χ0n) is 13.4. The highest BCUT2D eigenvalue weighted by Gasteiger charge is 2.08. The van der Waals surface area contributed by atoms with E-state index in [4.69, 9.17) is 4.74 Å². The third kappa shape index (κ3) is 4.72. The third-order valence-corrected chi connectivity index (χ3v) is 5.28. The topological polar surface area (TPSA) is 75.7 Å². The average Bonchev–Trinajstić information content (AvgIpc) is 3.26. The molecular formula is C16H19N5OS2. The van der Waals surface area contributed by atoms with Crippen LogP contribution in [-0.4, -0.2) is 32.8 Å². The molecule has 0 saturated heterocycles. The fraction of sp³-hybridized carbons (Fsp3) is 0.312. The Morgan fingerprint density at radius 1 is 1.29 bits per heavy atom. The Hall–Kier alpha value is -2.06. The quantitative estimate of drug-likeness (QED) is 0.441. The molecule has 8 heteroatoms. The number of anilines is 2. The molecule has 3 rings (SSSR count). The zero-order chi connectivity index (χ0) is 16.6. The number of hydrogen-bond donors (Lipinski definition) is 2. The first-order chi connectivity index (χ1) is 11.8. The van der Waals surface area contributed by atoms with Crippen molar-refractivity contribution >= 4 is 33.9 Å². The molecule has 0 aliphatic heterocycles. The van der Waals surface area contributed by atoms with Gasteiger partial charge in [-0.3, -0.25) is 5.10 Å². The summed E-state index contributed by atoms with van der Waals surface area (Å²) < 4.78 is 6.58. The lowest BCUT2D eigenvalue weighted by molar-refractivity contribution is 0.342. The van der Waals surface area contributed by atoms with Crippen molar-refractivity contribution in [1.29, 1.82) is 0 Å². The highest BCUT2D eigenvalue weighted by atomic mass is 32.2. The number of para-hydroxylation sites is 2. The molecule has 126 valence electrons. The summed E-state index contributed by atoms with van der Waals surface area (Å²) in [5.41, 5.74) is 2.15. The minimum Gasteiger partial charge on any atom is -0.492 e. The molecule has 1 aromatic carbocycles. The van der Waals surface area contributed by atoms with Gasteiger partial charge in [0.2, 0.25) is 5.13 Å². The number of aromatic nitrogens is 4. The van der Waals surface area contributed by atoms with Crippen LogP contribution in [0.4, 0.5) is 10.8 Å². The van der Waals surface area contributed by atoms with Gasteiger partial charge in [-0.15, -0.1) is 10.2 Å². The maximum absolute atomic E-state index is 5.61. The summed E-state index contributed by atoms with van der Waals surface area (Å²) in [7, 11) is 0. The maximum Gasteiger partial charge on any atom is 0.210 e. The van der Waals surface area contributed by atoms with Gasteiger partial charge in [0.15, 0.2) is 4.34 Å². The minimum absolute atomic E-state index is 0.632. The molecule has 0 atom stereocenters. The second-order valence-electron chi connectivity index (χ2n) is 4.99. The maximum atomic E-state index is 5.61. The molecule has 2 aromatic heterocycles. The fourth-order valence-electron chi connectivity index (χ4n) is 2.14. The molecular weight excluding hydrogens is 342 g/mol. The van der Waals surface area contributed by atoms with E-state index < -0.39 is 0 Å². The summed E-state index contributed by atoms with van der Waals surface area (Å²) in [6, 6.07) is 7.84. The van der Waals surface area contributed by atoms with Crippen LogP contribution >= 0.6 is 23.1 Å². The van der Waals surface area contributed by atoms with Crippen LogP contribution in [0, 0.1) is 0 Å². The second-order valence-corrected chi connectivity index (χ2v) is 7.31. The van der Waals surface area contributed by atoms with Crippen molar-refractivity contribution in [3.05, 3.63) is 42.2 Å². The molecule has 0 unspecified atom stereocenters. The van der Waals surface area contributed by atoms with Gasteiger partial charge in [0, 0.05) is 11.9 Å². The van der Waals surface area contributed by atoms with Gasteiger partial charge in [-0.2, -0.15) is 5.10 Å². The number of hydrogen-bond acceptors (Lipinski definition) is 7. The van der Waals surface area contributed by atoms with Crippen LogP contribution in [0.2, 0.25) is 0 Å². The number of aromatic amines is 1. The first-order valence-corrected chi connectivity index (χ1v) is 9.58. The van der Waals surface area contributed by atoms with E-state index in [0.29, 0.717) is 6.61 Å². The monoisotopic (exact) mass is 361 g/mol. The summed E-state index contributed by atoms with van der Waals surface area (Å²) in [5.74, 6) is 1.83. The SMILES string of the molecule is CCOc1ccccc1Nc1nnc(SCCCc2cn[nH]c2)s1. The molecule has 0 bridgehead atoms. The Labute approximate surface area is 149 Å². The average molecular weight is 361 g/mol. The largest absolute Gasteiger partial charge is 0.492 e. The number of ether oxygens (including phenoxy) is 1. The van der Waals surface area contributed by atoms with Crippen molar-refractivity contribution in [2.45, 2.75) is 24.1 Å². The second kappa shape index (κ2) is 8.70. The van der Waals surface area contributed by atoms with Crippen molar-refractivity contribution in [3.63, 3.8) is 0 Å². The summed E-state index contributed by atoms with van der Waals surface area (Å²) in [5, 5.41) is 19.3. The lowest BCUT2D eigenvalue weighted by Crippen LogP contribution is -1.97. The number of benzene rings is 1. The van der Waals surface area contributed by atoms with E-state index in [1.807, 2.05) is 43.6 Å². The highest BCUT2D eigenvalue weighted by Crippen LogP contribution is 2.31. The van der Waals surface area contributed by atoms with E-state index in [-0.39, 0.29) is 0 Å². The van der Waals surface area contributed by atoms with Gasteiger partial charge in [0.05, 0.1) is 18.5 Å². The number of nitrogens with zero attached hydrogens (tertiary/aromatic N) is 3. The molecule has 0 aliphatic carbocycles. The van der Waals surface area contributed by atoms with E-state index in [9.17, 15) is 0 Å². The van der Waals surface area contributed by atoms with Crippen molar-refractivity contribution in [2.24, 2.45) is 0 Å². The molecule has 2 heterocycles. The number of rotatable bonds is 9.